The topological polar surface area (TPSA) is 26.0 Å². The third kappa shape index (κ3) is 4.63. The van der Waals surface area contributed by atoms with E-state index in [0.717, 1.165) is 11.8 Å². The van der Waals surface area contributed by atoms with Crippen LogP contribution in [0, 0.1) is 11.8 Å². The minimum atomic E-state index is 0.606. The van der Waals surface area contributed by atoms with E-state index in [1.54, 1.807) is 0 Å². The van der Waals surface area contributed by atoms with Crippen LogP contribution in [0.2, 0.25) is 0 Å². The molecule has 0 heterocycles. The van der Waals surface area contributed by atoms with Crippen molar-refractivity contribution >= 4 is 0 Å². The van der Waals surface area contributed by atoms with Gasteiger partial charge in [-0.15, -0.1) is 0 Å². The normalized spacial score (nSPS) is 27.1. The molecule has 0 aromatic carbocycles. The molecule has 2 N–H and O–H groups in total. The molecule has 1 heteroatoms. The molecular formula is C15H23N. The molecule has 88 valence electrons. The maximum atomic E-state index is 5.34. The summed E-state index contributed by atoms with van der Waals surface area (Å²) in [6.07, 6.45) is 17.2. The molecule has 0 saturated carbocycles. The van der Waals surface area contributed by atoms with Crippen molar-refractivity contribution in [3.63, 3.8) is 0 Å². The van der Waals surface area contributed by atoms with E-state index >= 15 is 0 Å². The minimum Gasteiger partial charge on any atom is -0.327 e. The first kappa shape index (κ1) is 13.0. The smallest absolute Gasteiger partial charge is 0.0109 e. The largest absolute Gasteiger partial charge is 0.327 e. The van der Waals surface area contributed by atoms with Gasteiger partial charge in [-0.25, -0.2) is 0 Å². The van der Waals surface area contributed by atoms with Crippen LogP contribution in [0.1, 0.15) is 26.7 Å². The number of rotatable bonds is 4. The standard InChI is InChI=1S/C15H23N/c1-13-9-10-15(12-14(13)2)8-6-4-3-5-7-11-16/h3-8,12-14H,9-11,16H2,1-2H3/b4-3+,7-5+,8-6+. The van der Waals surface area contributed by atoms with Crippen molar-refractivity contribution in [1.29, 1.82) is 0 Å². The van der Waals surface area contributed by atoms with Crippen LogP contribution < -0.4 is 5.73 Å². The highest BCUT2D eigenvalue weighted by molar-refractivity contribution is 5.25. The molecule has 0 aromatic heterocycles. The second-order valence-corrected chi connectivity index (χ2v) is 4.52. The molecular weight excluding hydrogens is 194 g/mol. The van der Waals surface area contributed by atoms with E-state index in [4.69, 9.17) is 5.73 Å². The molecule has 0 bridgehead atoms. The Hall–Kier alpha value is -1.08. The third-order valence-corrected chi connectivity index (χ3v) is 3.18. The molecule has 1 aliphatic rings. The highest BCUT2D eigenvalue weighted by Gasteiger charge is 2.15. The highest BCUT2D eigenvalue weighted by atomic mass is 14.5. The zero-order chi connectivity index (χ0) is 11.8. The average Bonchev–Trinajstić information content (AvgIpc) is 2.28. The summed E-state index contributed by atoms with van der Waals surface area (Å²) in [5.41, 5.74) is 6.81. The summed E-state index contributed by atoms with van der Waals surface area (Å²) >= 11 is 0. The van der Waals surface area contributed by atoms with Crippen molar-refractivity contribution in [2.45, 2.75) is 26.7 Å². The van der Waals surface area contributed by atoms with Gasteiger partial charge in [0, 0.05) is 6.54 Å². The van der Waals surface area contributed by atoms with Gasteiger partial charge in [-0.05, 0) is 24.7 Å². The zero-order valence-corrected chi connectivity index (χ0v) is 10.4. The van der Waals surface area contributed by atoms with Gasteiger partial charge in [-0.1, -0.05) is 62.0 Å². The first-order valence-electron chi connectivity index (χ1n) is 6.14. The fourth-order valence-electron chi connectivity index (χ4n) is 1.85. The lowest BCUT2D eigenvalue weighted by atomic mass is 9.83. The van der Waals surface area contributed by atoms with Crippen molar-refractivity contribution in [3.8, 4) is 0 Å². The van der Waals surface area contributed by atoms with Gasteiger partial charge in [0.2, 0.25) is 0 Å². The molecule has 1 nitrogen and oxygen atoms in total. The van der Waals surface area contributed by atoms with Gasteiger partial charge in [-0.3, -0.25) is 0 Å². The predicted octanol–water partition coefficient (Wildman–Crippen LogP) is 3.61. The first-order valence-corrected chi connectivity index (χ1v) is 6.14. The van der Waals surface area contributed by atoms with Gasteiger partial charge in [0.15, 0.2) is 0 Å². The lowest BCUT2D eigenvalue weighted by molar-refractivity contribution is 0.407. The Labute approximate surface area is 99.4 Å². The Morgan fingerprint density at radius 1 is 1.25 bits per heavy atom. The fourth-order valence-corrected chi connectivity index (χ4v) is 1.85. The van der Waals surface area contributed by atoms with E-state index in [1.165, 1.54) is 18.4 Å². The van der Waals surface area contributed by atoms with E-state index in [0.29, 0.717) is 6.54 Å². The quantitative estimate of drug-likeness (QED) is 0.715. The third-order valence-electron chi connectivity index (χ3n) is 3.18. The SMILES string of the molecule is CC1C=C(/C=C/C=C/C=C/CN)CCC1C. The molecule has 0 aliphatic heterocycles. The number of hydrogen-bond donors (Lipinski definition) is 1. The summed E-state index contributed by atoms with van der Waals surface area (Å²) in [5.74, 6) is 1.55. The molecule has 1 aliphatic carbocycles. The summed E-state index contributed by atoms with van der Waals surface area (Å²) in [7, 11) is 0. The van der Waals surface area contributed by atoms with Crippen LogP contribution in [0.5, 0.6) is 0 Å². The van der Waals surface area contributed by atoms with E-state index in [-0.39, 0.29) is 0 Å². The van der Waals surface area contributed by atoms with Crippen LogP contribution in [-0.2, 0) is 0 Å². The molecule has 2 unspecified atom stereocenters. The first-order chi connectivity index (χ1) is 7.74. The van der Waals surface area contributed by atoms with Crippen LogP contribution in [0.15, 0.2) is 48.1 Å². The molecule has 0 fully saturated rings. The van der Waals surface area contributed by atoms with Crippen LogP contribution in [-0.4, -0.2) is 6.54 Å². The second-order valence-electron chi connectivity index (χ2n) is 4.52. The van der Waals surface area contributed by atoms with Crippen LogP contribution in [0.4, 0.5) is 0 Å². The highest BCUT2D eigenvalue weighted by Crippen LogP contribution is 2.28. The second kappa shape index (κ2) is 7.24. The summed E-state index contributed by atoms with van der Waals surface area (Å²) in [4.78, 5) is 0. The molecule has 0 amide bonds. The van der Waals surface area contributed by atoms with Gasteiger partial charge in [-0.2, -0.15) is 0 Å². The number of allylic oxidation sites excluding steroid dienone is 7. The molecule has 16 heavy (non-hydrogen) atoms. The molecule has 1 rings (SSSR count). The van der Waals surface area contributed by atoms with Crippen LogP contribution in [0.25, 0.3) is 0 Å². The van der Waals surface area contributed by atoms with E-state index in [1.807, 2.05) is 18.2 Å². The van der Waals surface area contributed by atoms with E-state index in [2.05, 4.69) is 38.2 Å². The number of nitrogens with two attached hydrogens (primary N) is 1. The van der Waals surface area contributed by atoms with Crippen molar-refractivity contribution in [3.05, 3.63) is 48.1 Å². The number of hydrogen-bond acceptors (Lipinski definition) is 1. The summed E-state index contributed by atoms with van der Waals surface area (Å²) in [6, 6.07) is 0. The Morgan fingerprint density at radius 3 is 2.69 bits per heavy atom. The maximum Gasteiger partial charge on any atom is 0.0109 e. The van der Waals surface area contributed by atoms with E-state index < -0.39 is 0 Å². The lowest BCUT2D eigenvalue weighted by Crippen LogP contribution is -2.10. The summed E-state index contributed by atoms with van der Waals surface area (Å²) < 4.78 is 0. The maximum absolute atomic E-state index is 5.34. The van der Waals surface area contributed by atoms with Gasteiger partial charge in [0.05, 0.1) is 0 Å². The predicted molar refractivity (Wildman–Crippen MR) is 72.1 cm³/mol. The molecule has 0 spiro atoms. The molecule has 2 atom stereocenters. The van der Waals surface area contributed by atoms with Gasteiger partial charge in [0.25, 0.3) is 0 Å². The molecule has 0 saturated heterocycles. The summed E-state index contributed by atoms with van der Waals surface area (Å²) in [6.45, 7) is 5.24. The van der Waals surface area contributed by atoms with Crippen molar-refractivity contribution in [2.75, 3.05) is 6.54 Å². The Bertz CT molecular complexity index is 307. The summed E-state index contributed by atoms with van der Waals surface area (Å²) in [5, 5.41) is 0. The zero-order valence-electron chi connectivity index (χ0n) is 10.4. The Morgan fingerprint density at radius 2 is 2.00 bits per heavy atom. The Kier molecular flexibility index (Phi) is 5.87. The lowest BCUT2D eigenvalue weighted by Gasteiger charge is -2.23. The van der Waals surface area contributed by atoms with Crippen LogP contribution >= 0.6 is 0 Å². The molecule has 0 aromatic rings. The van der Waals surface area contributed by atoms with Crippen molar-refractivity contribution in [2.24, 2.45) is 17.6 Å². The van der Waals surface area contributed by atoms with Gasteiger partial charge >= 0.3 is 0 Å². The van der Waals surface area contributed by atoms with E-state index in [9.17, 15) is 0 Å². The average molecular weight is 217 g/mol. The molecule has 0 radical (unpaired) electrons. The minimum absolute atomic E-state index is 0.606. The van der Waals surface area contributed by atoms with Gasteiger partial charge < -0.3 is 5.73 Å². The fraction of sp³-hybridized carbons (Fsp3) is 0.467. The Balaban J connectivity index is 2.42. The van der Waals surface area contributed by atoms with Gasteiger partial charge in [0.1, 0.15) is 0 Å². The van der Waals surface area contributed by atoms with Crippen molar-refractivity contribution in [1.82, 2.24) is 0 Å². The monoisotopic (exact) mass is 217 g/mol. The van der Waals surface area contributed by atoms with Crippen LogP contribution in [0.3, 0.4) is 0 Å². The van der Waals surface area contributed by atoms with Crippen molar-refractivity contribution < 1.29 is 0 Å².